The standard InChI is InChI=1S/C15H26N2O2S/c1-3-4-12-7-14(12)16-8-13(18)9-19-6-5-15-11(2)17-10-20-15/h10,12-14,16,18H,3-9H2,1-2H3. The van der Waals surface area contributed by atoms with Crippen LogP contribution in [0.3, 0.4) is 0 Å². The van der Waals surface area contributed by atoms with E-state index in [1.165, 1.54) is 24.1 Å². The summed E-state index contributed by atoms with van der Waals surface area (Å²) in [5.74, 6) is 0.836. The maximum Gasteiger partial charge on any atom is 0.0897 e. The highest BCUT2D eigenvalue weighted by Gasteiger charge is 2.35. The van der Waals surface area contributed by atoms with Gasteiger partial charge in [0.1, 0.15) is 0 Å². The summed E-state index contributed by atoms with van der Waals surface area (Å²) in [5.41, 5.74) is 2.96. The van der Waals surface area contributed by atoms with Crippen molar-refractivity contribution in [1.82, 2.24) is 10.3 Å². The van der Waals surface area contributed by atoms with E-state index >= 15 is 0 Å². The van der Waals surface area contributed by atoms with E-state index in [0.717, 1.165) is 18.0 Å². The quantitative estimate of drug-likeness (QED) is 0.650. The molecule has 3 atom stereocenters. The molecule has 1 heterocycles. The summed E-state index contributed by atoms with van der Waals surface area (Å²) >= 11 is 1.67. The van der Waals surface area contributed by atoms with Crippen LogP contribution < -0.4 is 5.32 Å². The summed E-state index contributed by atoms with van der Waals surface area (Å²) in [6.07, 6.45) is 4.31. The molecular weight excluding hydrogens is 272 g/mol. The fourth-order valence-electron chi connectivity index (χ4n) is 2.48. The van der Waals surface area contributed by atoms with Crippen LogP contribution in [0.1, 0.15) is 36.8 Å². The average Bonchev–Trinajstić information content (AvgIpc) is 3.05. The molecule has 114 valence electrons. The molecule has 1 fully saturated rings. The smallest absolute Gasteiger partial charge is 0.0897 e. The van der Waals surface area contributed by atoms with E-state index < -0.39 is 6.10 Å². The molecule has 20 heavy (non-hydrogen) atoms. The molecule has 0 saturated heterocycles. The van der Waals surface area contributed by atoms with Crippen LogP contribution in [0.2, 0.25) is 0 Å². The number of hydrogen-bond acceptors (Lipinski definition) is 5. The van der Waals surface area contributed by atoms with Gasteiger partial charge in [-0.15, -0.1) is 11.3 Å². The third-order valence-electron chi connectivity index (χ3n) is 3.83. The molecule has 2 N–H and O–H groups in total. The van der Waals surface area contributed by atoms with Crippen LogP contribution >= 0.6 is 11.3 Å². The Labute approximate surface area is 125 Å². The third-order valence-corrected chi connectivity index (χ3v) is 4.82. The molecule has 2 rings (SSSR count). The van der Waals surface area contributed by atoms with Gasteiger partial charge < -0.3 is 15.2 Å². The monoisotopic (exact) mass is 298 g/mol. The van der Waals surface area contributed by atoms with Crippen molar-refractivity contribution in [1.29, 1.82) is 0 Å². The van der Waals surface area contributed by atoms with Crippen LogP contribution in [-0.4, -0.2) is 42.0 Å². The first kappa shape index (κ1) is 15.9. The van der Waals surface area contributed by atoms with Gasteiger partial charge in [0.05, 0.1) is 30.5 Å². The zero-order chi connectivity index (χ0) is 14.4. The summed E-state index contributed by atoms with van der Waals surface area (Å²) in [6, 6.07) is 0.629. The van der Waals surface area contributed by atoms with Crippen LogP contribution in [-0.2, 0) is 11.2 Å². The number of nitrogens with one attached hydrogen (secondary N) is 1. The number of aliphatic hydroxyl groups is 1. The largest absolute Gasteiger partial charge is 0.389 e. The van der Waals surface area contributed by atoms with Gasteiger partial charge in [-0.1, -0.05) is 13.3 Å². The Balaban J connectivity index is 1.48. The summed E-state index contributed by atoms with van der Waals surface area (Å²) in [5, 5.41) is 13.3. The number of aryl methyl sites for hydroxylation is 1. The van der Waals surface area contributed by atoms with Gasteiger partial charge in [0, 0.05) is 23.9 Å². The fraction of sp³-hybridized carbons (Fsp3) is 0.800. The lowest BCUT2D eigenvalue weighted by atomic mass is 10.2. The van der Waals surface area contributed by atoms with Crippen molar-refractivity contribution in [2.75, 3.05) is 19.8 Å². The Hall–Kier alpha value is -0.490. The highest BCUT2D eigenvalue weighted by atomic mass is 32.1. The Morgan fingerprint density at radius 3 is 3.15 bits per heavy atom. The number of rotatable bonds is 10. The number of thiazole rings is 1. The zero-order valence-corrected chi connectivity index (χ0v) is 13.3. The molecule has 1 aliphatic carbocycles. The minimum Gasteiger partial charge on any atom is -0.389 e. The van der Waals surface area contributed by atoms with Crippen LogP contribution in [0.25, 0.3) is 0 Å². The van der Waals surface area contributed by atoms with Gasteiger partial charge in [0.15, 0.2) is 0 Å². The second kappa shape index (κ2) is 8.08. The molecule has 1 aromatic heterocycles. The summed E-state index contributed by atoms with van der Waals surface area (Å²) < 4.78 is 5.54. The topological polar surface area (TPSA) is 54.4 Å². The summed E-state index contributed by atoms with van der Waals surface area (Å²) in [6.45, 7) is 5.96. The second-order valence-corrected chi connectivity index (χ2v) is 6.58. The molecule has 0 aliphatic heterocycles. The predicted molar refractivity (Wildman–Crippen MR) is 82.2 cm³/mol. The Bertz CT molecular complexity index is 397. The Morgan fingerprint density at radius 1 is 1.60 bits per heavy atom. The van der Waals surface area contributed by atoms with Crippen LogP contribution in [0.15, 0.2) is 5.51 Å². The molecular formula is C15H26N2O2S. The van der Waals surface area contributed by atoms with E-state index in [-0.39, 0.29) is 0 Å². The van der Waals surface area contributed by atoms with Crippen LogP contribution in [0.4, 0.5) is 0 Å². The maximum atomic E-state index is 9.86. The predicted octanol–water partition coefficient (Wildman–Crippen LogP) is 2.15. The van der Waals surface area contributed by atoms with Gasteiger partial charge in [-0.05, 0) is 25.7 Å². The molecule has 0 aromatic carbocycles. The number of aliphatic hydroxyl groups excluding tert-OH is 1. The summed E-state index contributed by atoms with van der Waals surface area (Å²) in [7, 11) is 0. The van der Waals surface area contributed by atoms with Gasteiger partial charge in [-0.2, -0.15) is 0 Å². The number of hydrogen-bond donors (Lipinski definition) is 2. The van der Waals surface area contributed by atoms with Crippen LogP contribution in [0, 0.1) is 12.8 Å². The minimum absolute atomic E-state index is 0.402. The van der Waals surface area contributed by atoms with Crippen molar-refractivity contribution >= 4 is 11.3 Å². The third kappa shape index (κ3) is 5.13. The molecule has 1 aromatic rings. The average molecular weight is 298 g/mol. The van der Waals surface area contributed by atoms with Crippen molar-refractivity contribution in [3.05, 3.63) is 16.1 Å². The Morgan fingerprint density at radius 2 is 2.45 bits per heavy atom. The van der Waals surface area contributed by atoms with Gasteiger partial charge in [0.25, 0.3) is 0 Å². The lowest BCUT2D eigenvalue weighted by molar-refractivity contribution is 0.0381. The fourth-order valence-corrected chi connectivity index (χ4v) is 3.25. The zero-order valence-electron chi connectivity index (χ0n) is 12.5. The van der Waals surface area contributed by atoms with E-state index in [9.17, 15) is 5.11 Å². The first-order valence-corrected chi connectivity index (χ1v) is 8.46. The van der Waals surface area contributed by atoms with E-state index in [0.29, 0.717) is 25.8 Å². The summed E-state index contributed by atoms with van der Waals surface area (Å²) in [4.78, 5) is 5.49. The highest BCUT2D eigenvalue weighted by molar-refractivity contribution is 7.09. The van der Waals surface area contributed by atoms with E-state index in [2.05, 4.69) is 17.2 Å². The molecule has 5 heteroatoms. The van der Waals surface area contributed by atoms with Gasteiger partial charge in [-0.25, -0.2) is 4.98 Å². The molecule has 0 spiro atoms. The van der Waals surface area contributed by atoms with Crippen LogP contribution in [0.5, 0.6) is 0 Å². The van der Waals surface area contributed by atoms with Gasteiger partial charge >= 0.3 is 0 Å². The lowest BCUT2D eigenvalue weighted by Crippen LogP contribution is -2.32. The van der Waals surface area contributed by atoms with Crippen molar-refractivity contribution in [3.8, 4) is 0 Å². The molecule has 1 saturated carbocycles. The number of ether oxygens (including phenoxy) is 1. The van der Waals surface area contributed by atoms with Crippen molar-refractivity contribution < 1.29 is 9.84 Å². The normalized spacial score (nSPS) is 22.9. The van der Waals surface area contributed by atoms with Crippen molar-refractivity contribution in [2.45, 2.75) is 51.7 Å². The molecule has 4 nitrogen and oxygen atoms in total. The first-order valence-electron chi connectivity index (χ1n) is 7.58. The first-order chi connectivity index (χ1) is 9.70. The van der Waals surface area contributed by atoms with E-state index in [1.54, 1.807) is 11.3 Å². The van der Waals surface area contributed by atoms with Gasteiger partial charge in [-0.3, -0.25) is 0 Å². The van der Waals surface area contributed by atoms with E-state index in [4.69, 9.17) is 4.74 Å². The maximum absolute atomic E-state index is 9.86. The molecule has 1 aliphatic rings. The van der Waals surface area contributed by atoms with E-state index in [1.807, 2.05) is 12.4 Å². The molecule has 0 bridgehead atoms. The molecule has 0 amide bonds. The molecule has 0 radical (unpaired) electrons. The SMILES string of the molecule is CCCC1CC1NCC(O)COCCc1scnc1C. The minimum atomic E-state index is -0.402. The van der Waals surface area contributed by atoms with Crippen molar-refractivity contribution in [3.63, 3.8) is 0 Å². The second-order valence-electron chi connectivity index (χ2n) is 5.64. The van der Waals surface area contributed by atoms with Gasteiger partial charge in [0.2, 0.25) is 0 Å². The lowest BCUT2D eigenvalue weighted by Gasteiger charge is -2.12. The highest BCUT2D eigenvalue weighted by Crippen LogP contribution is 2.34. The number of nitrogens with zero attached hydrogens (tertiary/aromatic N) is 1. The molecule has 3 unspecified atom stereocenters. The number of aromatic nitrogens is 1. The Kier molecular flexibility index (Phi) is 6.42. The van der Waals surface area contributed by atoms with Crippen molar-refractivity contribution in [2.24, 2.45) is 5.92 Å².